The number of carbonyl (C=O) groups excluding carboxylic acids is 1. The number of carboxylic acid groups (broad SMARTS) is 1. The van der Waals surface area contributed by atoms with Gasteiger partial charge in [-0.15, -0.1) is 0 Å². The van der Waals surface area contributed by atoms with Crippen molar-refractivity contribution < 1.29 is 28.8 Å². The molecule has 0 unspecified atom stereocenters. The van der Waals surface area contributed by atoms with E-state index in [-0.39, 0.29) is 25.3 Å². The van der Waals surface area contributed by atoms with Gasteiger partial charge in [0.15, 0.2) is 0 Å². The molecule has 0 spiro atoms. The standard InChI is InChI=1S/C17H34O2.Li/c1-2-3-4-5-6-7-8-9-10-11-12-13-14-15-16-17(18)19;/h2-16H2,1H3,(H,18,19);/q;+1/p-1. The van der Waals surface area contributed by atoms with Crippen molar-refractivity contribution in [1.29, 1.82) is 0 Å². The third-order valence-corrected chi connectivity index (χ3v) is 3.73. The average molecular weight is 276 g/mol. The molecule has 0 radical (unpaired) electrons. The van der Waals surface area contributed by atoms with Gasteiger partial charge >= 0.3 is 18.9 Å². The van der Waals surface area contributed by atoms with Crippen molar-refractivity contribution >= 4 is 5.97 Å². The minimum Gasteiger partial charge on any atom is -0.550 e. The Morgan fingerprint density at radius 1 is 0.650 bits per heavy atom. The van der Waals surface area contributed by atoms with Crippen LogP contribution in [0.2, 0.25) is 0 Å². The second-order valence-electron chi connectivity index (χ2n) is 5.72. The van der Waals surface area contributed by atoms with Crippen LogP contribution < -0.4 is 24.0 Å². The number of hydrogen-bond donors (Lipinski definition) is 0. The van der Waals surface area contributed by atoms with Crippen LogP contribution in [0.1, 0.15) is 103 Å². The Balaban J connectivity index is 0. The van der Waals surface area contributed by atoms with Gasteiger partial charge in [0, 0.05) is 5.97 Å². The van der Waals surface area contributed by atoms with Crippen LogP contribution in [-0.2, 0) is 4.79 Å². The van der Waals surface area contributed by atoms with Gasteiger partial charge < -0.3 is 9.90 Å². The SMILES string of the molecule is CCCCCCCCCCCCCCCCC(=O)[O-].[Li+]. The van der Waals surface area contributed by atoms with E-state index >= 15 is 0 Å². The van der Waals surface area contributed by atoms with Gasteiger partial charge in [-0.05, 0) is 12.8 Å². The van der Waals surface area contributed by atoms with Crippen LogP contribution in [0.15, 0.2) is 0 Å². The van der Waals surface area contributed by atoms with Crippen LogP contribution in [-0.4, -0.2) is 5.97 Å². The molecule has 0 bridgehead atoms. The maximum absolute atomic E-state index is 10.2. The summed E-state index contributed by atoms with van der Waals surface area (Å²) in [7, 11) is 0. The summed E-state index contributed by atoms with van der Waals surface area (Å²) in [6.45, 7) is 2.26. The predicted molar refractivity (Wildman–Crippen MR) is 79.9 cm³/mol. The zero-order valence-electron chi connectivity index (χ0n) is 13.9. The molecule has 3 heteroatoms. The molecule has 0 amide bonds. The normalized spacial score (nSPS) is 10.2. The third-order valence-electron chi connectivity index (χ3n) is 3.73. The van der Waals surface area contributed by atoms with Crippen LogP contribution in [0.3, 0.4) is 0 Å². The molecular weight excluding hydrogens is 243 g/mol. The van der Waals surface area contributed by atoms with Crippen LogP contribution in [0.25, 0.3) is 0 Å². The molecule has 0 aliphatic rings. The number of carboxylic acids is 1. The molecule has 0 aliphatic carbocycles. The molecule has 0 saturated carbocycles. The Morgan fingerprint density at radius 3 is 1.25 bits per heavy atom. The summed E-state index contributed by atoms with van der Waals surface area (Å²) in [6.07, 6.45) is 18.4. The van der Waals surface area contributed by atoms with E-state index in [1.807, 2.05) is 0 Å². The molecule has 0 fully saturated rings. The van der Waals surface area contributed by atoms with Crippen LogP contribution in [0.4, 0.5) is 0 Å². The van der Waals surface area contributed by atoms with Gasteiger partial charge in [0.1, 0.15) is 0 Å². The fourth-order valence-corrected chi connectivity index (χ4v) is 2.46. The molecule has 0 saturated heterocycles. The first-order valence-electron chi connectivity index (χ1n) is 8.47. The van der Waals surface area contributed by atoms with Gasteiger partial charge in [-0.3, -0.25) is 0 Å². The fraction of sp³-hybridized carbons (Fsp3) is 0.941. The molecule has 114 valence electrons. The quantitative estimate of drug-likeness (QED) is 0.337. The van der Waals surface area contributed by atoms with Crippen molar-refractivity contribution in [3.63, 3.8) is 0 Å². The molecule has 0 N–H and O–H groups in total. The van der Waals surface area contributed by atoms with Crippen molar-refractivity contribution in [2.45, 2.75) is 103 Å². The van der Waals surface area contributed by atoms with Crippen LogP contribution in [0, 0.1) is 0 Å². The molecule has 0 aromatic heterocycles. The van der Waals surface area contributed by atoms with Gasteiger partial charge in [0.25, 0.3) is 0 Å². The fourth-order valence-electron chi connectivity index (χ4n) is 2.46. The summed E-state index contributed by atoms with van der Waals surface area (Å²) >= 11 is 0. The van der Waals surface area contributed by atoms with E-state index in [0.29, 0.717) is 0 Å². The average Bonchev–Trinajstić information content (AvgIpc) is 2.39. The van der Waals surface area contributed by atoms with E-state index in [9.17, 15) is 9.90 Å². The molecule has 0 aromatic rings. The van der Waals surface area contributed by atoms with Gasteiger partial charge in [0.05, 0.1) is 0 Å². The van der Waals surface area contributed by atoms with Crippen molar-refractivity contribution in [3.05, 3.63) is 0 Å². The summed E-state index contributed by atoms with van der Waals surface area (Å²) in [5.74, 6) is -0.904. The summed E-state index contributed by atoms with van der Waals surface area (Å²) in [4.78, 5) is 10.2. The van der Waals surface area contributed by atoms with Gasteiger partial charge in [-0.2, -0.15) is 0 Å². The number of unbranched alkanes of at least 4 members (excludes halogenated alkanes) is 13. The summed E-state index contributed by atoms with van der Waals surface area (Å²) < 4.78 is 0. The van der Waals surface area contributed by atoms with Crippen molar-refractivity contribution in [2.75, 3.05) is 0 Å². The first kappa shape index (κ1) is 22.4. The third kappa shape index (κ3) is 20.4. The van der Waals surface area contributed by atoms with Gasteiger partial charge in [0.2, 0.25) is 0 Å². The monoisotopic (exact) mass is 276 g/mol. The summed E-state index contributed by atoms with van der Waals surface area (Å²) in [6, 6.07) is 0. The molecule has 0 atom stereocenters. The van der Waals surface area contributed by atoms with E-state index in [2.05, 4.69) is 6.92 Å². The van der Waals surface area contributed by atoms with Gasteiger partial charge in [-0.25, -0.2) is 0 Å². The Labute approximate surface area is 138 Å². The van der Waals surface area contributed by atoms with Crippen molar-refractivity contribution in [3.8, 4) is 0 Å². The number of carbonyl (C=O) groups is 1. The van der Waals surface area contributed by atoms with E-state index in [4.69, 9.17) is 0 Å². The molecule has 2 nitrogen and oxygen atoms in total. The van der Waals surface area contributed by atoms with Crippen molar-refractivity contribution in [2.24, 2.45) is 0 Å². The Hall–Kier alpha value is 0.0674. The van der Waals surface area contributed by atoms with Crippen molar-refractivity contribution in [1.82, 2.24) is 0 Å². The van der Waals surface area contributed by atoms with E-state index in [1.54, 1.807) is 0 Å². The predicted octanol–water partition coefficient (Wildman–Crippen LogP) is 1.61. The Kier molecular flexibility index (Phi) is 21.3. The summed E-state index contributed by atoms with van der Waals surface area (Å²) in [5, 5.41) is 10.2. The molecular formula is C17H33LiO2. The maximum Gasteiger partial charge on any atom is 1.00 e. The second-order valence-corrected chi connectivity index (χ2v) is 5.72. The molecule has 0 rings (SSSR count). The molecule has 20 heavy (non-hydrogen) atoms. The van der Waals surface area contributed by atoms with Gasteiger partial charge in [-0.1, -0.05) is 90.4 Å². The van der Waals surface area contributed by atoms with E-state index < -0.39 is 5.97 Å². The number of rotatable bonds is 15. The second kappa shape index (κ2) is 19.1. The van der Waals surface area contributed by atoms with E-state index in [1.165, 1.54) is 77.0 Å². The first-order chi connectivity index (χ1) is 9.27. The largest absolute Gasteiger partial charge is 1.00 e. The first-order valence-corrected chi connectivity index (χ1v) is 8.47. The Bertz CT molecular complexity index is 195. The molecule has 0 heterocycles. The number of aliphatic carboxylic acids is 1. The van der Waals surface area contributed by atoms with Crippen LogP contribution in [0.5, 0.6) is 0 Å². The topological polar surface area (TPSA) is 40.1 Å². The summed E-state index contributed by atoms with van der Waals surface area (Å²) in [5.41, 5.74) is 0. The zero-order chi connectivity index (χ0) is 14.2. The molecule has 0 aromatic carbocycles. The minimum absolute atomic E-state index is 0. The van der Waals surface area contributed by atoms with Crippen LogP contribution >= 0.6 is 0 Å². The molecule has 0 aliphatic heterocycles. The van der Waals surface area contributed by atoms with E-state index in [0.717, 1.165) is 12.8 Å². The minimum atomic E-state index is -0.904. The smallest absolute Gasteiger partial charge is 0.550 e. The Morgan fingerprint density at radius 2 is 0.950 bits per heavy atom. The zero-order valence-corrected chi connectivity index (χ0v) is 13.9. The maximum atomic E-state index is 10.2. The number of hydrogen-bond acceptors (Lipinski definition) is 2.